The van der Waals surface area contributed by atoms with Crippen molar-refractivity contribution in [2.75, 3.05) is 0 Å². The molecular formula is C14H9FO2. The predicted octanol–water partition coefficient (Wildman–Crippen LogP) is 2.87. The molecule has 0 atom stereocenters. The third kappa shape index (κ3) is 2.28. The SMILES string of the molecule is O=Cc1ccccc1C(=O)c1ccc(F)cc1. The number of rotatable bonds is 3. The molecule has 2 aromatic carbocycles. The highest BCUT2D eigenvalue weighted by atomic mass is 19.1. The lowest BCUT2D eigenvalue weighted by molar-refractivity contribution is 0.102. The Hall–Kier alpha value is -2.29. The van der Waals surface area contributed by atoms with Crippen LogP contribution in [0.3, 0.4) is 0 Å². The van der Waals surface area contributed by atoms with Crippen molar-refractivity contribution in [2.24, 2.45) is 0 Å². The molecule has 84 valence electrons. The molecule has 0 spiro atoms. The second-order valence-electron chi connectivity index (χ2n) is 3.54. The molecule has 17 heavy (non-hydrogen) atoms. The van der Waals surface area contributed by atoms with E-state index in [0.29, 0.717) is 23.0 Å². The largest absolute Gasteiger partial charge is 0.298 e. The number of aldehydes is 1. The molecule has 0 amide bonds. The molecule has 0 radical (unpaired) electrons. The summed E-state index contributed by atoms with van der Waals surface area (Å²) in [5.41, 5.74) is 1.02. The molecule has 0 saturated carbocycles. The first kappa shape index (κ1) is 11.2. The average molecular weight is 228 g/mol. The molecule has 0 saturated heterocycles. The summed E-state index contributed by atoms with van der Waals surface area (Å²) in [4.78, 5) is 22.9. The van der Waals surface area contributed by atoms with Crippen LogP contribution in [0.15, 0.2) is 48.5 Å². The zero-order valence-corrected chi connectivity index (χ0v) is 8.89. The smallest absolute Gasteiger partial charge is 0.193 e. The minimum Gasteiger partial charge on any atom is -0.298 e. The fraction of sp³-hybridized carbons (Fsp3) is 0. The minimum absolute atomic E-state index is 0.285. The third-order valence-electron chi connectivity index (χ3n) is 2.44. The van der Waals surface area contributed by atoms with Gasteiger partial charge in [-0.1, -0.05) is 24.3 Å². The van der Waals surface area contributed by atoms with Crippen LogP contribution in [0.4, 0.5) is 4.39 Å². The molecule has 3 heteroatoms. The maximum Gasteiger partial charge on any atom is 0.193 e. The van der Waals surface area contributed by atoms with Gasteiger partial charge in [-0.3, -0.25) is 9.59 Å². The molecule has 0 aliphatic heterocycles. The fourth-order valence-corrected chi connectivity index (χ4v) is 1.56. The zero-order chi connectivity index (χ0) is 12.3. The Bertz CT molecular complexity index is 559. The van der Waals surface area contributed by atoms with Crippen LogP contribution in [0, 0.1) is 5.82 Å². The fourth-order valence-electron chi connectivity index (χ4n) is 1.56. The first-order chi connectivity index (χ1) is 8.22. The van der Waals surface area contributed by atoms with Crippen molar-refractivity contribution in [3.05, 3.63) is 71.0 Å². The van der Waals surface area contributed by atoms with Crippen molar-refractivity contribution in [1.29, 1.82) is 0 Å². The van der Waals surface area contributed by atoms with E-state index in [2.05, 4.69) is 0 Å². The normalized spacial score (nSPS) is 9.94. The van der Waals surface area contributed by atoms with Crippen LogP contribution < -0.4 is 0 Å². The van der Waals surface area contributed by atoms with Gasteiger partial charge in [0, 0.05) is 16.7 Å². The lowest BCUT2D eigenvalue weighted by Gasteiger charge is -2.03. The third-order valence-corrected chi connectivity index (χ3v) is 2.44. The van der Waals surface area contributed by atoms with Crippen molar-refractivity contribution in [1.82, 2.24) is 0 Å². The summed E-state index contributed by atoms with van der Waals surface area (Å²) in [6.45, 7) is 0. The van der Waals surface area contributed by atoms with Gasteiger partial charge in [-0.2, -0.15) is 0 Å². The molecule has 0 fully saturated rings. The maximum atomic E-state index is 12.7. The highest BCUT2D eigenvalue weighted by molar-refractivity contribution is 6.12. The molecule has 2 rings (SSSR count). The Balaban J connectivity index is 2.43. The second-order valence-corrected chi connectivity index (χ2v) is 3.54. The molecular weight excluding hydrogens is 219 g/mol. The summed E-state index contributed by atoms with van der Waals surface area (Å²) in [6, 6.07) is 11.8. The Morgan fingerprint density at radius 3 is 2.29 bits per heavy atom. The molecule has 0 aliphatic rings. The quantitative estimate of drug-likeness (QED) is 0.598. The van der Waals surface area contributed by atoms with Crippen LogP contribution in [-0.2, 0) is 0 Å². The van der Waals surface area contributed by atoms with E-state index in [1.807, 2.05) is 0 Å². The first-order valence-electron chi connectivity index (χ1n) is 5.07. The van der Waals surface area contributed by atoms with Gasteiger partial charge in [-0.05, 0) is 24.3 Å². The molecule has 0 unspecified atom stereocenters. The van der Waals surface area contributed by atoms with E-state index in [-0.39, 0.29) is 5.78 Å². The zero-order valence-electron chi connectivity index (χ0n) is 8.89. The van der Waals surface area contributed by atoms with Crippen molar-refractivity contribution < 1.29 is 14.0 Å². The van der Waals surface area contributed by atoms with Crippen LogP contribution in [0.25, 0.3) is 0 Å². The summed E-state index contributed by atoms with van der Waals surface area (Å²) in [6.07, 6.45) is 0.636. The lowest BCUT2D eigenvalue weighted by Crippen LogP contribution is -2.04. The minimum atomic E-state index is -0.398. The number of benzene rings is 2. The second kappa shape index (κ2) is 4.70. The van der Waals surface area contributed by atoms with E-state index in [1.165, 1.54) is 24.3 Å². The van der Waals surface area contributed by atoms with Gasteiger partial charge in [0.1, 0.15) is 5.82 Å². The summed E-state index contributed by atoms with van der Waals surface area (Å²) in [5.74, 6) is -0.682. The van der Waals surface area contributed by atoms with Crippen molar-refractivity contribution in [3.63, 3.8) is 0 Å². The van der Waals surface area contributed by atoms with Crippen LogP contribution in [-0.4, -0.2) is 12.1 Å². The summed E-state index contributed by atoms with van der Waals surface area (Å²) >= 11 is 0. The Labute approximate surface area is 97.7 Å². The summed E-state index contributed by atoms with van der Waals surface area (Å²) < 4.78 is 12.7. The van der Waals surface area contributed by atoms with Crippen LogP contribution in [0.2, 0.25) is 0 Å². The summed E-state index contributed by atoms with van der Waals surface area (Å²) in [5, 5.41) is 0. The molecule has 0 heterocycles. The van der Waals surface area contributed by atoms with Gasteiger partial charge in [0.15, 0.2) is 12.1 Å². The molecule has 2 nitrogen and oxygen atoms in total. The molecule has 0 N–H and O–H groups in total. The maximum absolute atomic E-state index is 12.7. The number of hydrogen-bond donors (Lipinski definition) is 0. The van der Waals surface area contributed by atoms with Gasteiger partial charge in [-0.25, -0.2) is 4.39 Å². The number of ketones is 1. The van der Waals surface area contributed by atoms with E-state index in [4.69, 9.17) is 0 Å². The van der Waals surface area contributed by atoms with Gasteiger partial charge in [0.25, 0.3) is 0 Å². The first-order valence-corrected chi connectivity index (χ1v) is 5.07. The van der Waals surface area contributed by atoms with Gasteiger partial charge in [-0.15, -0.1) is 0 Å². The Morgan fingerprint density at radius 1 is 1.00 bits per heavy atom. The standard InChI is InChI=1S/C14H9FO2/c15-12-7-5-10(6-8-12)14(17)13-4-2-1-3-11(13)9-16/h1-9H. The highest BCUT2D eigenvalue weighted by Crippen LogP contribution is 2.13. The van der Waals surface area contributed by atoms with E-state index < -0.39 is 5.82 Å². The van der Waals surface area contributed by atoms with Crippen LogP contribution in [0.1, 0.15) is 26.3 Å². The van der Waals surface area contributed by atoms with Crippen molar-refractivity contribution >= 4 is 12.1 Å². The highest BCUT2D eigenvalue weighted by Gasteiger charge is 2.12. The molecule has 0 bridgehead atoms. The van der Waals surface area contributed by atoms with E-state index in [0.717, 1.165) is 0 Å². The van der Waals surface area contributed by atoms with E-state index >= 15 is 0 Å². The van der Waals surface area contributed by atoms with Crippen LogP contribution >= 0.6 is 0 Å². The summed E-state index contributed by atoms with van der Waals surface area (Å²) in [7, 11) is 0. The molecule has 2 aromatic rings. The average Bonchev–Trinajstić information content (AvgIpc) is 2.39. The van der Waals surface area contributed by atoms with Crippen LogP contribution in [0.5, 0.6) is 0 Å². The Kier molecular flexibility index (Phi) is 3.10. The monoisotopic (exact) mass is 228 g/mol. The molecule has 0 aliphatic carbocycles. The lowest BCUT2D eigenvalue weighted by atomic mass is 9.99. The van der Waals surface area contributed by atoms with Crippen molar-refractivity contribution in [3.8, 4) is 0 Å². The van der Waals surface area contributed by atoms with E-state index in [1.54, 1.807) is 24.3 Å². The Morgan fingerprint density at radius 2 is 1.65 bits per heavy atom. The number of halogens is 1. The molecule has 0 aromatic heterocycles. The number of carbonyl (C=O) groups is 2. The van der Waals surface area contributed by atoms with Crippen molar-refractivity contribution in [2.45, 2.75) is 0 Å². The number of carbonyl (C=O) groups excluding carboxylic acids is 2. The number of hydrogen-bond acceptors (Lipinski definition) is 2. The van der Waals surface area contributed by atoms with Gasteiger partial charge in [0.2, 0.25) is 0 Å². The van der Waals surface area contributed by atoms with Gasteiger partial charge in [0.05, 0.1) is 0 Å². The van der Waals surface area contributed by atoms with E-state index in [9.17, 15) is 14.0 Å². The van der Waals surface area contributed by atoms with Gasteiger partial charge < -0.3 is 0 Å². The topological polar surface area (TPSA) is 34.1 Å². The van der Waals surface area contributed by atoms with Gasteiger partial charge >= 0.3 is 0 Å². The predicted molar refractivity (Wildman–Crippen MR) is 61.7 cm³/mol.